The lowest BCUT2D eigenvalue weighted by molar-refractivity contribution is 0.0697. The molecule has 74 valence electrons. The van der Waals surface area contributed by atoms with E-state index >= 15 is 0 Å². The zero-order chi connectivity index (χ0) is 10.6. The summed E-state index contributed by atoms with van der Waals surface area (Å²) in [4.78, 5) is 10.6. The van der Waals surface area contributed by atoms with E-state index in [4.69, 9.17) is 5.11 Å². The molecule has 0 aliphatic rings. The molecule has 0 aliphatic heterocycles. The lowest BCUT2D eigenvalue weighted by atomic mass is 10.1. The summed E-state index contributed by atoms with van der Waals surface area (Å²) in [5.41, 5.74) is 0.668. The third-order valence-corrected chi connectivity index (χ3v) is 2.03. The van der Waals surface area contributed by atoms with Gasteiger partial charge >= 0.3 is 5.97 Å². The van der Waals surface area contributed by atoms with Gasteiger partial charge in [-0.15, -0.1) is 0 Å². The maximum Gasteiger partial charge on any atom is 0.335 e. The van der Waals surface area contributed by atoms with Crippen LogP contribution in [0.3, 0.4) is 0 Å². The number of benzene rings is 1. The number of rotatable bonds is 3. The highest BCUT2D eigenvalue weighted by molar-refractivity contribution is 9.09. The second kappa shape index (κ2) is 4.81. The summed E-state index contributed by atoms with van der Waals surface area (Å²) in [6.45, 7) is 0. The fraction of sp³-hybridized carbons (Fsp3) is 0.100. The van der Waals surface area contributed by atoms with Gasteiger partial charge in [0.1, 0.15) is 5.75 Å². The molecular formula is C10H9BrO3. The third kappa shape index (κ3) is 2.60. The molecule has 14 heavy (non-hydrogen) atoms. The van der Waals surface area contributed by atoms with E-state index in [2.05, 4.69) is 15.9 Å². The summed E-state index contributed by atoms with van der Waals surface area (Å²) in [6, 6.07) is 4.16. The lowest BCUT2D eigenvalue weighted by Crippen LogP contribution is -1.95. The van der Waals surface area contributed by atoms with E-state index in [1.54, 1.807) is 12.2 Å². The molecule has 1 aromatic rings. The number of alkyl halides is 1. The molecule has 0 heterocycles. The van der Waals surface area contributed by atoms with Crippen LogP contribution < -0.4 is 0 Å². The molecule has 0 aliphatic carbocycles. The van der Waals surface area contributed by atoms with Crippen LogP contribution in [-0.2, 0) is 0 Å². The van der Waals surface area contributed by atoms with Gasteiger partial charge < -0.3 is 10.2 Å². The van der Waals surface area contributed by atoms with E-state index in [1.165, 1.54) is 18.2 Å². The van der Waals surface area contributed by atoms with Crippen molar-refractivity contribution in [3.8, 4) is 5.75 Å². The molecule has 0 fully saturated rings. The molecule has 0 bridgehead atoms. The molecule has 4 heteroatoms. The number of phenolic OH excluding ortho intramolecular Hbond substituents is 1. The fourth-order valence-corrected chi connectivity index (χ4v) is 1.18. The zero-order valence-electron chi connectivity index (χ0n) is 7.27. The smallest absolute Gasteiger partial charge is 0.335 e. The number of allylic oxidation sites excluding steroid dienone is 1. The molecule has 0 atom stereocenters. The maximum absolute atomic E-state index is 10.6. The number of halogens is 1. The highest BCUT2D eigenvalue weighted by Crippen LogP contribution is 2.20. The van der Waals surface area contributed by atoms with Gasteiger partial charge in [-0.2, -0.15) is 0 Å². The second-order valence-corrected chi connectivity index (χ2v) is 3.28. The first-order chi connectivity index (χ1) is 6.65. The average Bonchev–Trinajstić information content (AvgIpc) is 2.16. The van der Waals surface area contributed by atoms with Crippen LogP contribution in [0.5, 0.6) is 5.75 Å². The number of carbonyl (C=O) groups is 1. The second-order valence-electron chi connectivity index (χ2n) is 2.64. The van der Waals surface area contributed by atoms with Gasteiger partial charge in [0.2, 0.25) is 0 Å². The SMILES string of the molecule is O=C(O)c1ccc(O)c(C=CCBr)c1. The summed E-state index contributed by atoms with van der Waals surface area (Å²) in [6.07, 6.45) is 3.44. The molecule has 0 amide bonds. The van der Waals surface area contributed by atoms with E-state index < -0.39 is 5.97 Å². The van der Waals surface area contributed by atoms with Gasteiger partial charge in [-0.25, -0.2) is 4.79 Å². The largest absolute Gasteiger partial charge is 0.507 e. The zero-order valence-corrected chi connectivity index (χ0v) is 8.86. The minimum atomic E-state index is -1.00. The Hall–Kier alpha value is -1.29. The maximum atomic E-state index is 10.6. The van der Waals surface area contributed by atoms with Crippen LogP contribution in [0, 0.1) is 0 Å². The number of carboxylic acids is 1. The van der Waals surface area contributed by atoms with E-state index in [0.717, 1.165) is 0 Å². The average molecular weight is 257 g/mol. The minimum absolute atomic E-state index is 0.0761. The van der Waals surface area contributed by atoms with Crippen molar-refractivity contribution in [1.82, 2.24) is 0 Å². The number of aromatic carboxylic acids is 1. The molecule has 1 aromatic carbocycles. The Morgan fingerprint density at radius 2 is 2.21 bits per heavy atom. The van der Waals surface area contributed by atoms with E-state index in [9.17, 15) is 9.90 Å². The normalized spacial score (nSPS) is 10.6. The van der Waals surface area contributed by atoms with Crippen molar-refractivity contribution in [2.75, 3.05) is 5.33 Å². The molecular weight excluding hydrogens is 248 g/mol. The van der Waals surface area contributed by atoms with Crippen LogP contribution in [0.25, 0.3) is 6.08 Å². The third-order valence-electron chi connectivity index (χ3n) is 1.66. The van der Waals surface area contributed by atoms with Crippen molar-refractivity contribution >= 4 is 28.0 Å². The Labute approximate surface area is 89.8 Å². The summed E-state index contributed by atoms with van der Waals surface area (Å²) in [7, 11) is 0. The predicted molar refractivity (Wildman–Crippen MR) is 57.9 cm³/mol. The fourth-order valence-electron chi connectivity index (χ4n) is 0.993. The summed E-state index contributed by atoms with van der Waals surface area (Å²) in [5, 5.41) is 18.8. The summed E-state index contributed by atoms with van der Waals surface area (Å²) >= 11 is 3.19. The van der Waals surface area contributed by atoms with Gasteiger partial charge in [-0.1, -0.05) is 28.1 Å². The van der Waals surface area contributed by atoms with Gasteiger partial charge in [0.25, 0.3) is 0 Å². The van der Waals surface area contributed by atoms with Gasteiger partial charge in [0, 0.05) is 10.9 Å². The van der Waals surface area contributed by atoms with Crippen LogP contribution >= 0.6 is 15.9 Å². The summed E-state index contributed by atoms with van der Waals surface area (Å²) in [5.74, 6) is -0.925. The van der Waals surface area contributed by atoms with Crippen LogP contribution in [0.4, 0.5) is 0 Å². The Bertz CT molecular complexity index is 372. The first kappa shape index (κ1) is 10.8. The molecule has 0 spiro atoms. The molecule has 0 saturated heterocycles. The number of aromatic hydroxyl groups is 1. The quantitative estimate of drug-likeness (QED) is 0.818. The van der Waals surface area contributed by atoms with Crippen molar-refractivity contribution in [2.24, 2.45) is 0 Å². The Balaban J connectivity index is 3.08. The number of hydrogen-bond acceptors (Lipinski definition) is 2. The molecule has 0 radical (unpaired) electrons. The van der Waals surface area contributed by atoms with Gasteiger partial charge in [0.05, 0.1) is 5.56 Å². The van der Waals surface area contributed by atoms with Crippen LogP contribution in [0.2, 0.25) is 0 Å². The minimum Gasteiger partial charge on any atom is -0.507 e. The topological polar surface area (TPSA) is 57.5 Å². The number of hydrogen-bond donors (Lipinski definition) is 2. The molecule has 0 unspecified atom stereocenters. The van der Waals surface area contributed by atoms with Crippen LogP contribution in [-0.4, -0.2) is 21.5 Å². The predicted octanol–water partition coefficient (Wildman–Crippen LogP) is 2.50. The van der Waals surface area contributed by atoms with Gasteiger partial charge in [-0.05, 0) is 18.2 Å². The molecule has 1 rings (SSSR count). The summed E-state index contributed by atoms with van der Waals surface area (Å²) < 4.78 is 0. The van der Waals surface area contributed by atoms with Gasteiger partial charge in [0.15, 0.2) is 0 Å². The molecule has 0 aromatic heterocycles. The van der Waals surface area contributed by atoms with Crippen LogP contribution in [0.1, 0.15) is 15.9 Å². The number of phenols is 1. The van der Waals surface area contributed by atoms with Crippen molar-refractivity contribution in [1.29, 1.82) is 0 Å². The first-order valence-electron chi connectivity index (χ1n) is 3.94. The Morgan fingerprint density at radius 3 is 2.79 bits per heavy atom. The molecule has 2 N–H and O–H groups in total. The van der Waals surface area contributed by atoms with Crippen LogP contribution in [0.15, 0.2) is 24.3 Å². The standard InChI is InChI=1S/C10H9BrO3/c11-5-1-2-7-6-8(10(13)14)3-4-9(7)12/h1-4,6,12H,5H2,(H,13,14). The van der Waals surface area contributed by atoms with E-state index in [0.29, 0.717) is 10.9 Å². The van der Waals surface area contributed by atoms with Crippen molar-refractivity contribution in [2.45, 2.75) is 0 Å². The number of carboxylic acid groups (broad SMARTS) is 1. The molecule has 3 nitrogen and oxygen atoms in total. The highest BCUT2D eigenvalue weighted by atomic mass is 79.9. The van der Waals surface area contributed by atoms with Crippen molar-refractivity contribution < 1.29 is 15.0 Å². The van der Waals surface area contributed by atoms with Gasteiger partial charge in [-0.3, -0.25) is 0 Å². The molecule has 0 saturated carbocycles. The van der Waals surface area contributed by atoms with Crippen molar-refractivity contribution in [3.63, 3.8) is 0 Å². The van der Waals surface area contributed by atoms with E-state index in [-0.39, 0.29) is 11.3 Å². The first-order valence-corrected chi connectivity index (χ1v) is 5.06. The monoisotopic (exact) mass is 256 g/mol. The Kier molecular flexibility index (Phi) is 3.71. The van der Waals surface area contributed by atoms with Crippen molar-refractivity contribution in [3.05, 3.63) is 35.4 Å². The Morgan fingerprint density at radius 1 is 1.50 bits per heavy atom. The van der Waals surface area contributed by atoms with E-state index in [1.807, 2.05) is 0 Å². The lowest BCUT2D eigenvalue weighted by Gasteiger charge is -2.00. The highest BCUT2D eigenvalue weighted by Gasteiger charge is 2.05.